The zero-order valence-electron chi connectivity index (χ0n) is 16.0. The number of halogens is 1. The minimum atomic E-state index is -1.19. The molecule has 148 valence electrons. The van der Waals surface area contributed by atoms with E-state index in [4.69, 9.17) is 4.74 Å². The van der Waals surface area contributed by atoms with Crippen LogP contribution in [0.2, 0.25) is 0 Å². The van der Waals surface area contributed by atoms with Gasteiger partial charge in [-0.1, -0.05) is 6.07 Å². The van der Waals surface area contributed by atoms with E-state index in [0.717, 1.165) is 0 Å². The van der Waals surface area contributed by atoms with Gasteiger partial charge in [0.05, 0.1) is 25.0 Å². The maximum atomic E-state index is 13.9. The standard InChI is InChI=1S/C19H23FN6O2/c1-19(2,27)18-15(28-3)7-17-22-10-14(26(17)25-18)12-5-4-6-16(23-12)24-13-9-21-8-11(13)20/h4-7,10-11,13,21,27H,8-9H2,1-3H3,(H,23,24). The molecule has 8 nitrogen and oxygen atoms in total. The second-order valence-corrected chi connectivity index (χ2v) is 7.37. The van der Waals surface area contributed by atoms with Crippen molar-refractivity contribution < 1.29 is 14.2 Å². The number of imidazole rings is 1. The van der Waals surface area contributed by atoms with Crippen LogP contribution in [0, 0.1) is 0 Å². The highest BCUT2D eigenvalue weighted by Gasteiger charge is 2.27. The summed E-state index contributed by atoms with van der Waals surface area (Å²) >= 11 is 0. The van der Waals surface area contributed by atoms with Gasteiger partial charge in [-0.2, -0.15) is 5.10 Å². The Morgan fingerprint density at radius 2 is 2.18 bits per heavy atom. The number of methoxy groups -OCH3 is 1. The lowest BCUT2D eigenvalue weighted by Gasteiger charge is -2.19. The lowest BCUT2D eigenvalue weighted by atomic mass is 10.0. The fraction of sp³-hybridized carbons (Fsp3) is 0.421. The first kappa shape index (κ1) is 18.6. The van der Waals surface area contributed by atoms with E-state index in [1.54, 1.807) is 36.7 Å². The van der Waals surface area contributed by atoms with Crippen molar-refractivity contribution in [3.05, 3.63) is 36.2 Å². The highest BCUT2D eigenvalue weighted by molar-refractivity contribution is 5.62. The van der Waals surface area contributed by atoms with Gasteiger partial charge >= 0.3 is 0 Å². The average Bonchev–Trinajstić information content (AvgIpc) is 3.26. The van der Waals surface area contributed by atoms with Gasteiger partial charge in [0, 0.05) is 19.2 Å². The molecule has 0 bridgehead atoms. The Kier molecular flexibility index (Phi) is 4.64. The van der Waals surface area contributed by atoms with Gasteiger partial charge in [0.15, 0.2) is 5.65 Å². The van der Waals surface area contributed by atoms with Crippen LogP contribution in [0.1, 0.15) is 19.5 Å². The summed E-state index contributed by atoms with van der Waals surface area (Å²) in [6, 6.07) is 6.90. The molecule has 0 aliphatic carbocycles. The van der Waals surface area contributed by atoms with E-state index >= 15 is 0 Å². The van der Waals surface area contributed by atoms with Gasteiger partial charge in [-0.3, -0.25) is 0 Å². The quantitative estimate of drug-likeness (QED) is 0.615. The number of rotatable bonds is 5. The predicted molar refractivity (Wildman–Crippen MR) is 103 cm³/mol. The third kappa shape index (κ3) is 3.38. The number of hydrogen-bond donors (Lipinski definition) is 3. The molecule has 0 radical (unpaired) electrons. The Labute approximate surface area is 161 Å². The van der Waals surface area contributed by atoms with E-state index in [1.165, 1.54) is 7.11 Å². The van der Waals surface area contributed by atoms with Crippen molar-refractivity contribution in [1.29, 1.82) is 0 Å². The maximum absolute atomic E-state index is 13.9. The smallest absolute Gasteiger partial charge is 0.157 e. The number of hydrogen-bond acceptors (Lipinski definition) is 7. The summed E-state index contributed by atoms with van der Waals surface area (Å²) < 4.78 is 20.8. The number of nitrogens with one attached hydrogen (secondary N) is 2. The summed E-state index contributed by atoms with van der Waals surface area (Å²) in [6.45, 7) is 4.19. The van der Waals surface area contributed by atoms with Gasteiger partial charge in [-0.25, -0.2) is 18.9 Å². The molecule has 9 heteroatoms. The van der Waals surface area contributed by atoms with Gasteiger partial charge in [0.1, 0.15) is 34.7 Å². The molecule has 1 saturated heterocycles. The normalized spacial score (nSPS) is 19.9. The Morgan fingerprint density at radius 1 is 1.36 bits per heavy atom. The maximum Gasteiger partial charge on any atom is 0.157 e. The second-order valence-electron chi connectivity index (χ2n) is 7.37. The van der Waals surface area contributed by atoms with Crippen LogP contribution in [0.25, 0.3) is 17.0 Å². The summed E-state index contributed by atoms with van der Waals surface area (Å²) in [7, 11) is 1.53. The number of ether oxygens (including phenoxy) is 1. The fourth-order valence-corrected chi connectivity index (χ4v) is 3.29. The Bertz CT molecular complexity index is 1000. The molecule has 3 N–H and O–H groups in total. The van der Waals surface area contributed by atoms with Crippen molar-refractivity contribution in [2.24, 2.45) is 0 Å². The van der Waals surface area contributed by atoms with Crippen molar-refractivity contribution in [3.63, 3.8) is 0 Å². The summed E-state index contributed by atoms with van der Waals surface area (Å²) in [6.07, 6.45) is 0.710. The van der Waals surface area contributed by atoms with Crippen LogP contribution in [0.5, 0.6) is 5.75 Å². The molecule has 2 atom stereocenters. The van der Waals surface area contributed by atoms with E-state index in [2.05, 4.69) is 25.7 Å². The zero-order chi connectivity index (χ0) is 19.9. The lowest BCUT2D eigenvalue weighted by Crippen LogP contribution is -2.29. The number of aromatic nitrogens is 4. The van der Waals surface area contributed by atoms with Crippen LogP contribution in [-0.2, 0) is 5.60 Å². The molecular weight excluding hydrogens is 363 g/mol. The first-order valence-electron chi connectivity index (χ1n) is 9.11. The molecule has 28 heavy (non-hydrogen) atoms. The van der Waals surface area contributed by atoms with Crippen molar-refractivity contribution in [2.45, 2.75) is 31.7 Å². The van der Waals surface area contributed by atoms with E-state index in [0.29, 0.717) is 47.4 Å². The Hall–Kier alpha value is -2.78. The van der Waals surface area contributed by atoms with Gasteiger partial charge < -0.3 is 20.5 Å². The van der Waals surface area contributed by atoms with E-state index in [1.807, 2.05) is 12.1 Å². The van der Waals surface area contributed by atoms with Crippen LogP contribution < -0.4 is 15.4 Å². The van der Waals surface area contributed by atoms with Crippen LogP contribution in [0.4, 0.5) is 10.2 Å². The van der Waals surface area contributed by atoms with E-state index < -0.39 is 11.8 Å². The molecular formula is C19H23FN6O2. The summed E-state index contributed by atoms with van der Waals surface area (Å²) in [5, 5.41) is 21.1. The van der Waals surface area contributed by atoms with Crippen LogP contribution in [-0.4, -0.2) is 57.1 Å². The highest BCUT2D eigenvalue weighted by atomic mass is 19.1. The molecule has 2 unspecified atom stereocenters. The highest BCUT2D eigenvalue weighted by Crippen LogP contribution is 2.30. The SMILES string of the molecule is COc1cc2ncc(-c3cccc(NC4CNCC4F)n3)n2nc1C(C)(C)O. The molecule has 4 heterocycles. The minimum absolute atomic E-state index is 0.311. The molecule has 1 aliphatic heterocycles. The molecule has 0 aromatic carbocycles. The van der Waals surface area contributed by atoms with Crippen molar-refractivity contribution in [1.82, 2.24) is 24.9 Å². The first-order valence-corrected chi connectivity index (χ1v) is 9.11. The lowest BCUT2D eigenvalue weighted by molar-refractivity contribution is 0.0694. The molecule has 0 amide bonds. The molecule has 0 spiro atoms. The largest absolute Gasteiger partial charge is 0.495 e. The third-order valence-electron chi connectivity index (χ3n) is 4.74. The predicted octanol–water partition coefficient (Wildman–Crippen LogP) is 1.75. The number of alkyl halides is 1. The number of aliphatic hydroxyl groups is 1. The van der Waals surface area contributed by atoms with Gasteiger partial charge in [-0.15, -0.1) is 0 Å². The molecule has 3 aromatic heterocycles. The minimum Gasteiger partial charge on any atom is -0.495 e. The van der Waals surface area contributed by atoms with E-state index in [-0.39, 0.29) is 6.04 Å². The Balaban J connectivity index is 1.74. The summed E-state index contributed by atoms with van der Waals surface area (Å²) in [5.41, 5.74) is 1.08. The Morgan fingerprint density at radius 3 is 2.86 bits per heavy atom. The fourth-order valence-electron chi connectivity index (χ4n) is 3.29. The topological polar surface area (TPSA) is 96.6 Å². The van der Waals surface area contributed by atoms with Crippen LogP contribution in [0.3, 0.4) is 0 Å². The van der Waals surface area contributed by atoms with E-state index in [9.17, 15) is 9.50 Å². The molecule has 3 aromatic rings. The van der Waals surface area contributed by atoms with Crippen molar-refractivity contribution in [2.75, 3.05) is 25.5 Å². The summed E-state index contributed by atoms with van der Waals surface area (Å²) in [5.74, 6) is 1.04. The zero-order valence-corrected chi connectivity index (χ0v) is 16.0. The van der Waals surface area contributed by atoms with Gasteiger partial charge in [0.2, 0.25) is 0 Å². The number of nitrogens with zero attached hydrogens (tertiary/aromatic N) is 4. The number of fused-ring (bicyclic) bond motifs is 1. The first-order chi connectivity index (χ1) is 13.4. The van der Waals surface area contributed by atoms with Gasteiger partial charge in [0.25, 0.3) is 0 Å². The summed E-state index contributed by atoms with van der Waals surface area (Å²) in [4.78, 5) is 8.98. The van der Waals surface area contributed by atoms with Gasteiger partial charge in [-0.05, 0) is 26.0 Å². The average molecular weight is 386 g/mol. The monoisotopic (exact) mass is 386 g/mol. The third-order valence-corrected chi connectivity index (χ3v) is 4.74. The van der Waals surface area contributed by atoms with Crippen molar-refractivity contribution in [3.8, 4) is 17.1 Å². The molecule has 1 aliphatic rings. The molecule has 0 saturated carbocycles. The molecule has 4 rings (SSSR count). The van der Waals surface area contributed by atoms with Crippen LogP contribution in [0.15, 0.2) is 30.5 Å². The second kappa shape index (κ2) is 6.99. The number of anilines is 1. The van der Waals surface area contributed by atoms with Crippen molar-refractivity contribution >= 4 is 11.5 Å². The van der Waals surface area contributed by atoms with Crippen LogP contribution >= 0.6 is 0 Å². The number of pyridine rings is 1. The molecule has 1 fully saturated rings.